The van der Waals surface area contributed by atoms with E-state index in [4.69, 9.17) is 4.74 Å². The van der Waals surface area contributed by atoms with Crippen molar-refractivity contribution in [2.45, 2.75) is 44.2 Å². The topological polar surface area (TPSA) is 55.4 Å². The third-order valence-corrected chi connectivity index (χ3v) is 7.17. The highest BCUT2D eigenvalue weighted by molar-refractivity contribution is 7.92. The van der Waals surface area contributed by atoms with E-state index in [0.29, 0.717) is 0 Å². The van der Waals surface area contributed by atoms with Crippen molar-refractivity contribution in [2.24, 2.45) is 5.92 Å². The molecule has 1 aliphatic rings. The van der Waals surface area contributed by atoms with Crippen LogP contribution < -0.4 is 10.1 Å². The second kappa shape index (κ2) is 6.36. The molecule has 0 saturated heterocycles. The lowest BCUT2D eigenvalue weighted by Crippen LogP contribution is -2.47. The van der Waals surface area contributed by atoms with Crippen LogP contribution >= 0.6 is 0 Å². The van der Waals surface area contributed by atoms with E-state index in [2.05, 4.69) is 5.32 Å². The Hall–Kier alpha value is -1.07. The quantitative estimate of drug-likeness (QED) is 0.908. The van der Waals surface area contributed by atoms with Crippen LogP contribution in [0.4, 0.5) is 0 Å². The highest BCUT2D eigenvalue weighted by atomic mass is 32.2. The molecule has 4 nitrogen and oxygen atoms in total. The normalized spacial score (nSPS) is 23.5. The highest BCUT2D eigenvalue weighted by Crippen LogP contribution is 2.36. The minimum Gasteiger partial charge on any atom is -0.492 e. The number of rotatable bonds is 5. The van der Waals surface area contributed by atoms with Crippen LogP contribution in [0.25, 0.3) is 0 Å². The van der Waals surface area contributed by atoms with Crippen molar-refractivity contribution in [1.29, 1.82) is 0 Å². The van der Waals surface area contributed by atoms with Gasteiger partial charge in [-0.2, -0.15) is 0 Å². The minimum atomic E-state index is -3.26. The van der Waals surface area contributed by atoms with Crippen LogP contribution in [-0.4, -0.2) is 32.1 Å². The molecule has 0 saturated carbocycles. The van der Waals surface area contributed by atoms with Crippen LogP contribution in [0.1, 0.15) is 39.3 Å². The molecule has 21 heavy (non-hydrogen) atoms. The Labute approximate surface area is 127 Å². The molecule has 1 heterocycles. The van der Waals surface area contributed by atoms with Crippen LogP contribution in [0.15, 0.2) is 24.3 Å². The van der Waals surface area contributed by atoms with Crippen LogP contribution in [-0.2, 0) is 9.84 Å². The fourth-order valence-corrected chi connectivity index (χ4v) is 4.93. The maximum Gasteiger partial charge on any atom is 0.161 e. The van der Waals surface area contributed by atoms with Crippen molar-refractivity contribution in [1.82, 2.24) is 5.32 Å². The van der Waals surface area contributed by atoms with Gasteiger partial charge in [0, 0.05) is 5.56 Å². The summed E-state index contributed by atoms with van der Waals surface area (Å²) >= 11 is 0. The number of ether oxygens (including phenoxy) is 1. The first-order valence-electron chi connectivity index (χ1n) is 7.57. The average Bonchev–Trinajstić information content (AvgIpc) is 2.46. The van der Waals surface area contributed by atoms with E-state index < -0.39 is 15.1 Å². The summed E-state index contributed by atoms with van der Waals surface area (Å²) in [4.78, 5) is 0. The van der Waals surface area contributed by atoms with Gasteiger partial charge in [0.05, 0.1) is 11.3 Å². The summed E-state index contributed by atoms with van der Waals surface area (Å²) in [7, 11) is -3.26. The molecule has 1 aliphatic heterocycles. The fraction of sp³-hybridized carbons (Fsp3) is 0.625. The molecule has 2 rings (SSSR count). The zero-order valence-corrected chi connectivity index (χ0v) is 14.0. The molecule has 1 aromatic carbocycles. The third-order valence-electron chi connectivity index (χ3n) is 4.33. The molecule has 0 amide bonds. The van der Waals surface area contributed by atoms with Gasteiger partial charge in [0.1, 0.15) is 17.6 Å². The standard InChI is InChI=1S/C16H25NO3S/c1-5-17-16-13-8-6-7-9-14(13)20-10-15(16)21(18,19)12(4)11(2)3/h6-9,11-12,15-17H,5,10H2,1-4H3. The van der Waals surface area contributed by atoms with E-state index in [9.17, 15) is 8.42 Å². The lowest BCUT2D eigenvalue weighted by Gasteiger charge is -2.35. The molecule has 0 fully saturated rings. The number of para-hydroxylation sites is 1. The number of fused-ring (bicyclic) bond motifs is 1. The largest absolute Gasteiger partial charge is 0.492 e. The van der Waals surface area contributed by atoms with E-state index in [1.54, 1.807) is 6.92 Å². The van der Waals surface area contributed by atoms with Gasteiger partial charge >= 0.3 is 0 Å². The van der Waals surface area contributed by atoms with E-state index in [1.165, 1.54) is 0 Å². The van der Waals surface area contributed by atoms with Crippen LogP contribution in [0, 0.1) is 5.92 Å². The molecule has 118 valence electrons. The predicted octanol–water partition coefficient (Wildman–Crippen LogP) is 2.56. The van der Waals surface area contributed by atoms with Crippen molar-refractivity contribution in [3.05, 3.63) is 29.8 Å². The molecule has 3 unspecified atom stereocenters. The molecule has 3 atom stereocenters. The summed E-state index contributed by atoms with van der Waals surface area (Å²) < 4.78 is 31.5. The summed E-state index contributed by atoms with van der Waals surface area (Å²) in [6, 6.07) is 7.48. The van der Waals surface area contributed by atoms with Crippen molar-refractivity contribution in [3.8, 4) is 5.75 Å². The fourth-order valence-electron chi connectivity index (χ4n) is 2.74. The summed E-state index contributed by atoms with van der Waals surface area (Å²) in [6.45, 7) is 8.62. The Bertz CT molecular complexity index is 583. The van der Waals surface area contributed by atoms with Crippen molar-refractivity contribution in [2.75, 3.05) is 13.2 Å². The van der Waals surface area contributed by atoms with E-state index in [1.807, 2.05) is 45.0 Å². The highest BCUT2D eigenvalue weighted by Gasteiger charge is 2.42. The number of benzene rings is 1. The van der Waals surface area contributed by atoms with Gasteiger partial charge in [0.2, 0.25) is 0 Å². The van der Waals surface area contributed by atoms with Gasteiger partial charge in [-0.05, 0) is 25.5 Å². The zero-order chi connectivity index (χ0) is 15.6. The second-order valence-corrected chi connectivity index (χ2v) is 8.49. The van der Waals surface area contributed by atoms with E-state index >= 15 is 0 Å². The third kappa shape index (κ3) is 3.09. The molecule has 0 bridgehead atoms. The molecule has 1 N–H and O–H groups in total. The van der Waals surface area contributed by atoms with Gasteiger partial charge in [-0.1, -0.05) is 39.0 Å². The monoisotopic (exact) mass is 311 g/mol. The SMILES string of the molecule is CCNC1c2ccccc2OCC1S(=O)(=O)C(C)C(C)C. The van der Waals surface area contributed by atoms with E-state index in [-0.39, 0.29) is 23.8 Å². The Morgan fingerprint density at radius 3 is 2.57 bits per heavy atom. The first-order valence-corrected chi connectivity index (χ1v) is 9.18. The Kier molecular flexibility index (Phi) is 4.94. The number of nitrogens with one attached hydrogen (secondary N) is 1. The first-order chi connectivity index (χ1) is 9.89. The molecular weight excluding hydrogens is 286 g/mol. The summed E-state index contributed by atoms with van der Waals surface area (Å²) in [5.41, 5.74) is 0.940. The molecular formula is C16H25NO3S. The summed E-state index contributed by atoms with van der Waals surface area (Å²) in [6.07, 6.45) is 0. The van der Waals surface area contributed by atoms with Gasteiger partial charge in [0.25, 0.3) is 0 Å². The Balaban J connectivity index is 2.41. The predicted molar refractivity (Wildman–Crippen MR) is 85.4 cm³/mol. The lowest BCUT2D eigenvalue weighted by atomic mass is 10.0. The number of sulfone groups is 1. The second-order valence-electron chi connectivity index (χ2n) is 5.96. The molecule has 0 aromatic heterocycles. The van der Waals surface area contributed by atoms with Crippen molar-refractivity contribution < 1.29 is 13.2 Å². The van der Waals surface area contributed by atoms with Crippen LogP contribution in [0.2, 0.25) is 0 Å². The number of hydrogen-bond donors (Lipinski definition) is 1. The van der Waals surface area contributed by atoms with Gasteiger partial charge < -0.3 is 10.1 Å². The molecule has 0 spiro atoms. The average molecular weight is 311 g/mol. The summed E-state index contributed by atoms with van der Waals surface area (Å²) in [5, 5.41) is 2.42. The molecule has 5 heteroatoms. The Morgan fingerprint density at radius 2 is 1.95 bits per heavy atom. The van der Waals surface area contributed by atoms with Gasteiger partial charge in [-0.15, -0.1) is 0 Å². The smallest absolute Gasteiger partial charge is 0.161 e. The lowest BCUT2D eigenvalue weighted by molar-refractivity contribution is 0.254. The van der Waals surface area contributed by atoms with Gasteiger partial charge in [-0.25, -0.2) is 8.42 Å². The van der Waals surface area contributed by atoms with Gasteiger partial charge in [-0.3, -0.25) is 0 Å². The maximum atomic E-state index is 12.9. The van der Waals surface area contributed by atoms with Crippen molar-refractivity contribution in [3.63, 3.8) is 0 Å². The number of hydrogen-bond acceptors (Lipinski definition) is 4. The Morgan fingerprint density at radius 1 is 1.29 bits per heavy atom. The van der Waals surface area contributed by atoms with Gasteiger partial charge in [0.15, 0.2) is 9.84 Å². The molecule has 0 aliphatic carbocycles. The molecule has 0 radical (unpaired) electrons. The van der Waals surface area contributed by atoms with Crippen LogP contribution in [0.3, 0.4) is 0 Å². The van der Waals surface area contributed by atoms with Crippen molar-refractivity contribution >= 4 is 9.84 Å². The van der Waals surface area contributed by atoms with E-state index in [0.717, 1.165) is 17.9 Å². The first kappa shape index (κ1) is 16.3. The van der Waals surface area contributed by atoms with Crippen LogP contribution in [0.5, 0.6) is 5.75 Å². The summed E-state index contributed by atoms with van der Waals surface area (Å²) in [5.74, 6) is 0.876. The minimum absolute atomic E-state index is 0.0921. The molecule has 1 aromatic rings. The zero-order valence-electron chi connectivity index (χ0n) is 13.2. The maximum absolute atomic E-state index is 12.9.